The summed E-state index contributed by atoms with van der Waals surface area (Å²) in [5.74, 6) is -1.03. The Bertz CT molecular complexity index is 627. The van der Waals surface area contributed by atoms with Gasteiger partial charge in [-0.3, -0.25) is 9.79 Å². The first kappa shape index (κ1) is 20.9. The number of benzene rings is 1. The van der Waals surface area contributed by atoms with Crippen molar-refractivity contribution in [1.82, 2.24) is 4.90 Å². The van der Waals surface area contributed by atoms with E-state index in [0.717, 1.165) is 18.4 Å². The van der Waals surface area contributed by atoms with Crippen molar-refractivity contribution in [3.05, 3.63) is 35.4 Å². The second-order valence-corrected chi connectivity index (χ2v) is 7.48. The van der Waals surface area contributed by atoms with Crippen molar-refractivity contribution in [1.29, 1.82) is 0 Å². The van der Waals surface area contributed by atoms with Crippen LogP contribution in [0.15, 0.2) is 29.3 Å². The van der Waals surface area contributed by atoms with Crippen LogP contribution in [0.4, 0.5) is 0 Å². The van der Waals surface area contributed by atoms with Gasteiger partial charge < -0.3 is 10.0 Å². The van der Waals surface area contributed by atoms with Crippen molar-refractivity contribution in [3.8, 4) is 0 Å². The number of hydrogen-bond donors (Lipinski definition) is 1. The molecule has 138 valence electrons. The minimum absolute atomic E-state index is 0.0776. The first-order chi connectivity index (χ1) is 11.6. The molecule has 1 aromatic rings. The topological polar surface area (TPSA) is 70.0 Å². The lowest BCUT2D eigenvalue weighted by molar-refractivity contribution is -0.125. The highest BCUT2D eigenvalue weighted by Crippen LogP contribution is 2.31. The van der Waals surface area contributed by atoms with Gasteiger partial charge in [-0.15, -0.1) is 0 Å². The van der Waals surface area contributed by atoms with Gasteiger partial charge in [0.15, 0.2) is 0 Å². The normalized spacial score (nSPS) is 13.4. The second-order valence-electron chi connectivity index (χ2n) is 7.48. The number of aliphatic imine (C=N–C) groups is 1. The van der Waals surface area contributed by atoms with E-state index < -0.39 is 5.97 Å². The Labute approximate surface area is 150 Å². The molecule has 1 amide bonds. The third kappa shape index (κ3) is 6.00. The summed E-state index contributed by atoms with van der Waals surface area (Å²) in [6.45, 7) is 8.43. The lowest BCUT2D eigenvalue weighted by Crippen LogP contribution is -2.36. The number of carbonyl (C=O) groups is 2. The molecule has 0 aliphatic rings. The second kappa shape index (κ2) is 8.79. The lowest BCUT2D eigenvalue weighted by atomic mass is 9.86. The van der Waals surface area contributed by atoms with Gasteiger partial charge in [-0.25, -0.2) is 4.79 Å². The average molecular weight is 346 g/mol. The lowest BCUT2D eigenvalue weighted by Gasteiger charge is -2.31. The molecule has 0 fully saturated rings. The summed E-state index contributed by atoms with van der Waals surface area (Å²) in [6, 6.07) is 6.67. The summed E-state index contributed by atoms with van der Waals surface area (Å²) in [5, 5.41) is 9.08. The monoisotopic (exact) mass is 346 g/mol. The zero-order chi connectivity index (χ0) is 19.2. The van der Waals surface area contributed by atoms with Crippen LogP contribution in [-0.2, 0) is 4.79 Å². The third-order valence-electron chi connectivity index (χ3n) is 4.35. The maximum Gasteiger partial charge on any atom is 0.335 e. The Morgan fingerprint density at radius 1 is 1.20 bits per heavy atom. The van der Waals surface area contributed by atoms with Crippen molar-refractivity contribution in [3.63, 3.8) is 0 Å². The molecule has 0 unspecified atom stereocenters. The summed E-state index contributed by atoms with van der Waals surface area (Å²) >= 11 is 0. The molecule has 1 aromatic carbocycles. The number of amides is 1. The molecule has 1 N–H and O–H groups in total. The highest BCUT2D eigenvalue weighted by Gasteiger charge is 2.26. The minimum atomic E-state index is -0.950. The smallest absolute Gasteiger partial charge is 0.335 e. The van der Waals surface area contributed by atoms with Crippen LogP contribution < -0.4 is 0 Å². The molecule has 0 saturated heterocycles. The predicted octanol–water partition coefficient (Wildman–Crippen LogP) is 4.19. The fourth-order valence-electron chi connectivity index (χ4n) is 2.75. The number of carbonyl (C=O) groups excluding carboxylic acids is 1. The van der Waals surface area contributed by atoms with Crippen LogP contribution in [0, 0.1) is 5.41 Å². The molecule has 0 heterocycles. The molecule has 0 aliphatic heterocycles. The maximum atomic E-state index is 12.7. The Balaban J connectivity index is 3.15. The zero-order valence-electron chi connectivity index (χ0n) is 16.2. The van der Waals surface area contributed by atoms with Gasteiger partial charge in [0, 0.05) is 14.1 Å². The van der Waals surface area contributed by atoms with Crippen LogP contribution in [0.5, 0.6) is 0 Å². The number of aromatic carboxylic acids is 1. The Morgan fingerprint density at radius 2 is 1.76 bits per heavy atom. The third-order valence-corrected chi connectivity index (χ3v) is 4.35. The predicted molar refractivity (Wildman–Crippen MR) is 101 cm³/mol. The van der Waals surface area contributed by atoms with E-state index in [1.165, 1.54) is 0 Å². The van der Waals surface area contributed by atoms with Crippen LogP contribution in [0.25, 0.3) is 0 Å². The summed E-state index contributed by atoms with van der Waals surface area (Å²) in [4.78, 5) is 29.6. The summed E-state index contributed by atoms with van der Waals surface area (Å²) < 4.78 is 0. The van der Waals surface area contributed by atoms with E-state index >= 15 is 0 Å². The van der Waals surface area contributed by atoms with Gasteiger partial charge in [0.2, 0.25) is 0 Å². The zero-order valence-corrected chi connectivity index (χ0v) is 16.2. The molecule has 5 nitrogen and oxygen atoms in total. The van der Waals surface area contributed by atoms with Crippen molar-refractivity contribution in [2.24, 2.45) is 10.4 Å². The number of carboxylic acid groups (broad SMARTS) is 1. The fraction of sp³-hybridized carbons (Fsp3) is 0.550. The summed E-state index contributed by atoms with van der Waals surface area (Å²) in [5.41, 5.74) is 1.88. The minimum Gasteiger partial charge on any atom is -0.478 e. The largest absolute Gasteiger partial charge is 0.478 e. The van der Waals surface area contributed by atoms with Crippen LogP contribution >= 0.6 is 0 Å². The quantitative estimate of drug-likeness (QED) is 0.753. The molecule has 0 radical (unpaired) electrons. The fourth-order valence-corrected chi connectivity index (χ4v) is 2.75. The first-order valence-electron chi connectivity index (χ1n) is 8.66. The molecule has 0 aromatic heterocycles. The molecular weight excluding hydrogens is 316 g/mol. The molecule has 5 heteroatoms. The SMILES string of the molecule is CCC(=NC)C(=O)N(C)[C@H](CCC(C)(C)C)c1ccc(C(=O)O)cc1. The van der Waals surface area contributed by atoms with E-state index in [2.05, 4.69) is 25.8 Å². The van der Waals surface area contributed by atoms with Gasteiger partial charge in [-0.05, 0) is 42.4 Å². The molecule has 1 rings (SSSR count). The van der Waals surface area contributed by atoms with E-state index in [0.29, 0.717) is 12.1 Å². The molecule has 0 bridgehead atoms. The number of carboxylic acids is 1. The van der Waals surface area contributed by atoms with Gasteiger partial charge in [0.25, 0.3) is 5.91 Å². The van der Waals surface area contributed by atoms with Crippen LogP contribution in [0.3, 0.4) is 0 Å². The molecule has 0 aliphatic carbocycles. The van der Waals surface area contributed by atoms with Crippen molar-refractivity contribution in [2.45, 2.75) is 53.0 Å². The van der Waals surface area contributed by atoms with Crippen molar-refractivity contribution >= 4 is 17.6 Å². The van der Waals surface area contributed by atoms with Gasteiger partial charge in [-0.1, -0.05) is 39.8 Å². The van der Waals surface area contributed by atoms with Gasteiger partial charge in [0.05, 0.1) is 17.3 Å². The number of rotatable bonds is 7. The summed E-state index contributed by atoms with van der Waals surface area (Å²) in [6.07, 6.45) is 2.34. The molecule has 25 heavy (non-hydrogen) atoms. The van der Waals surface area contributed by atoms with E-state index in [-0.39, 0.29) is 22.9 Å². The van der Waals surface area contributed by atoms with E-state index in [1.54, 1.807) is 43.3 Å². The molecule has 1 atom stereocenters. The van der Waals surface area contributed by atoms with Crippen molar-refractivity contribution in [2.75, 3.05) is 14.1 Å². The van der Waals surface area contributed by atoms with Gasteiger partial charge in [0.1, 0.15) is 0 Å². The molecule has 0 spiro atoms. The number of nitrogens with zero attached hydrogens (tertiary/aromatic N) is 2. The number of hydrogen-bond acceptors (Lipinski definition) is 3. The first-order valence-corrected chi connectivity index (χ1v) is 8.66. The van der Waals surface area contributed by atoms with Gasteiger partial charge in [-0.2, -0.15) is 0 Å². The molecule has 0 saturated carbocycles. The van der Waals surface area contributed by atoms with Gasteiger partial charge >= 0.3 is 5.97 Å². The Hall–Kier alpha value is -2.17. The van der Waals surface area contributed by atoms with Crippen LogP contribution in [0.1, 0.15) is 68.9 Å². The Kier molecular flexibility index (Phi) is 7.34. The van der Waals surface area contributed by atoms with Crippen LogP contribution in [0.2, 0.25) is 0 Å². The average Bonchev–Trinajstić information content (AvgIpc) is 2.55. The highest BCUT2D eigenvalue weighted by atomic mass is 16.4. The van der Waals surface area contributed by atoms with Crippen molar-refractivity contribution < 1.29 is 14.7 Å². The maximum absolute atomic E-state index is 12.7. The highest BCUT2D eigenvalue weighted by molar-refractivity contribution is 6.38. The Morgan fingerprint density at radius 3 is 2.16 bits per heavy atom. The molecular formula is C20H30N2O3. The van der Waals surface area contributed by atoms with E-state index in [9.17, 15) is 9.59 Å². The standard InChI is InChI=1S/C20H30N2O3/c1-7-16(21-5)18(23)22(6)17(12-13-20(2,3)4)14-8-10-15(11-9-14)19(24)25/h8-11,17H,7,12-13H2,1-6H3,(H,24,25)/t17-/m1/s1. The van der Waals surface area contributed by atoms with Crippen LogP contribution in [-0.4, -0.2) is 41.7 Å². The summed E-state index contributed by atoms with van der Waals surface area (Å²) in [7, 11) is 3.43. The van der Waals surface area contributed by atoms with E-state index in [4.69, 9.17) is 5.11 Å². The van der Waals surface area contributed by atoms with E-state index in [1.807, 2.05) is 6.92 Å².